The Morgan fingerprint density at radius 3 is 2.72 bits per heavy atom. The molecule has 1 aliphatic heterocycles. The highest BCUT2D eigenvalue weighted by molar-refractivity contribution is 7.90. The standard InChI is InChI=1S/C20H33NO3S/c1-5-6-7-8-9-15(2)12-18(22)21-17-13-16-10-11-20(17,19(16,3)4)14-25(21,23)24/h8-9,15-17H,5-7,10-14H2,1-4H3/b9-8+/t15?,16-,17-,20-/m1/s1. The second-order valence-electron chi connectivity index (χ2n) is 9.06. The lowest BCUT2D eigenvalue weighted by atomic mass is 9.69. The number of rotatable bonds is 6. The molecule has 5 heteroatoms. The van der Waals surface area contributed by atoms with Crippen LogP contribution in [0.1, 0.15) is 72.6 Å². The molecule has 142 valence electrons. The van der Waals surface area contributed by atoms with Crippen LogP contribution in [0.25, 0.3) is 0 Å². The maximum atomic E-state index is 12.9. The Kier molecular flexibility index (Phi) is 4.85. The highest BCUT2D eigenvalue weighted by atomic mass is 32.2. The minimum atomic E-state index is -3.48. The summed E-state index contributed by atoms with van der Waals surface area (Å²) >= 11 is 0. The van der Waals surface area contributed by atoms with E-state index in [4.69, 9.17) is 0 Å². The summed E-state index contributed by atoms with van der Waals surface area (Å²) in [4.78, 5) is 12.9. The van der Waals surface area contributed by atoms with E-state index in [1.165, 1.54) is 4.31 Å². The Balaban J connectivity index is 1.74. The van der Waals surface area contributed by atoms with E-state index in [9.17, 15) is 13.2 Å². The third-order valence-electron chi connectivity index (χ3n) is 7.34. The highest BCUT2D eigenvalue weighted by Gasteiger charge is 2.72. The molecule has 1 spiro atoms. The summed E-state index contributed by atoms with van der Waals surface area (Å²) in [6.07, 6.45) is 10.7. The number of amides is 1. The summed E-state index contributed by atoms with van der Waals surface area (Å²) in [5.41, 5.74) is -0.197. The van der Waals surface area contributed by atoms with Gasteiger partial charge in [-0.05, 0) is 42.9 Å². The summed E-state index contributed by atoms with van der Waals surface area (Å²) in [5, 5.41) is 0. The van der Waals surface area contributed by atoms with Gasteiger partial charge in [-0.1, -0.05) is 52.7 Å². The lowest BCUT2D eigenvalue weighted by Gasteiger charge is -2.37. The topological polar surface area (TPSA) is 54.5 Å². The smallest absolute Gasteiger partial charge is 0.238 e. The summed E-state index contributed by atoms with van der Waals surface area (Å²) in [7, 11) is -3.48. The first kappa shape index (κ1) is 18.9. The number of allylic oxidation sites excluding steroid dienone is 2. The number of hydrogen-bond acceptors (Lipinski definition) is 3. The number of hydrogen-bond donors (Lipinski definition) is 0. The van der Waals surface area contributed by atoms with Crippen LogP contribution in [0.4, 0.5) is 0 Å². The second-order valence-corrected chi connectivity index (χ2v) is 10.9. The molecule has 0 aromatic heterocycles. The Morgan fingerprint density at radius 2 is 2.08 bits per heavy atom. The third-order valence-corrected chi connectivity index (χ3v) is 9.28. The lowest BCUT2D eigenvalue weighted by Crippen LogP contribution is -2.44. The van der Waals surface area contributed by atoms with E-state index in [-0.39, 0.29) is 34.4 Å². The fraction of sp³-hybridized carbons (Fsp3) is 0.850. The number of nitrogens with zero attached hydrogens (tertiary/aromatic N) is 1. The Morgan fingerprint density at radius 1 is 1.36 bits per heavy atom. The molecule has 3 rings (SSSR count). The van der Waals surface area contributed by atoms with Gasteiger partial charge in [-0.15, -0.1) is 0 Å². The molecule has 2 saturated carbocycles. The SMILES string of the molecule is CCCC/C=C/C(C)CC(=O)N1[C@@H]2C[C@H]3CC[C@]2(CS1(=O)=O)C3(C)C. The van der Waals surface area contributed by atoms with Gasteiger partial charge in [0, 0.05) is 11.8 Å². The molecular weight excluding hydrogens is 334 g/mol. The number of unbranched alkanes of at least 4 members (excludes halogenated alkanes) is 2. The third kappa shape index (κ3) is 2.87. The van der Waals surface area contributed by atoms with Crippen molar-refractivity contribution in [3.8, 4) is 0 Å². The molecule has 0 N–H and O–H groups in total. The van der Waals surface area contributed by atoms with Crippen LogP contribution in [0.3, 0.4) is 0 Å². The van der Waals surface area contributed by atoms with Gasteiger partial charge in [0.2, 0.25) is 15.9 Å². The minimum Gasteiger partial charge on any atom is -0.274 e. The molecule has 1 saturated heterocycles. The van der Waals surface area contributed by atoms with Gasteiger partial charge >= 0.3 is 0 Å². The molecule has 2 bridgehead atoms. The Labute approximate surface area is 153 Å². The van der Waals surface area contributed by atoms with Crippen molar-refractivity contribution in [1.82, 2.24) is 4.31 Å². The zero-order valence-corrected chi connectivity index (χ0v) is 16.9. The predicted molar refractivity (Wildman–Crippen MR) is 100 cm³/mol. The number of sulfonamides is 1. The molecule has 3 fully saturated rings. The lowest BCUT2D eigenvalue weighted by molar-refractivity contribution is -0.129. The van der Waals surface area contributed by atoms with E-state index >= 15 is 0 Å². The van der Waals surface area contributed by atoms with Crippen molar-refractivity contribution in [2.24, 2.45) is 22.7 Å². The molecule has 0 aromatic rings. The zero-order valence-electron chi connectivity index (χ0n) is 16.1. The molecular formula is C20H33NO3S. The van der Waals surface area contributed by atoms with Crippen LogP contribution in [0.2, 0.25) is 0 Å². The van der Waals surface area contributed by atoms with Gasteiger partial charge in [-0.3, -0.25) is 4.79 Å². The largest absolute Gasteiger partial charge is 0.274 e. The first-order valence-electron chi connectivity index (χ1n) is 9.87. The molecule has 2 aliphatic carbocycles. The fourth-order valence-electron chi connectivity index (χ4n) is 5.70. The van der Waals surface area contributed by atoms with E-state index in [1.54, 1.807) is 0 Å². The van der Waals surface area contributed by atoms with Gasteiger partial charge in [-0.2, -0.15) is 0 Å². The molecule has 25 heavy (non-hydrogen) atoms. The first-order valence-corrected chi connectivity index (χ1v) is 11.5. The predicted octanol–water partition coefficient (Wildman–Crippen LogP) is 4.13. The first-order chi connectivity index (χ1) is 11.7. The molecule has 1 amide bonds. The second kappa shape index (κ2) is 6.40. The van der Waals surface area contributed by atoms with Gasteiger partial charge in [0.05, 0.1) is 11.8 Å². The van der Waals surface area contributed by atoms with Crippen LogP contribution >= 0.6 is 0 Å². The molecule has 0 aromatic carbocycles. The van der Waals surface area contributed by atoms with Crippen LogP contribution in [-0.2, 0) is 14.8 Å². The molecule has 1 heterocycles. The molecule has 0 radical (unpaired) electrons. The normalized spacial score (nSPS) is 36.1. The van der Waals surface area contributed by atoms with E-state index in [0.29, 0.717) is 12.3 Å². The Bertz CT molecular complexity index is 666. The minimum absolute atomic E-state index is 0.0193. The maximum absolute atomic E-state index is 12.9. The van der Waals surface area contributed by atoms with Gasteiger partial charge in [0.15, 0.2) is 0 Å². The molecule has 3 aliphatic rings. The van der Waals surface area contributed by atoms with Gasteiger partial charge in [-0.25, -0.2) is 12.7 Å². The number of carbonyl (C=O) groups is 1. The van der Waals surface area contributed by atoms with Crippen molar-refractivity contribution >= 4 is 15.9 Å². The van der Waals surface area contributed by atoms with Crippen LogP contribution in [-0.4, -0.2) is 30.4 Å². The molecule has 1 unspecified atom stereocenters. The van der Waals surface area contributed by atoms with Crippen LogP contribution < -0.4 is 0 Å². The number of fused-ring (bicyclic) bond motifs is 1. The van der Waals surface area contributed by atoms with Gasteiger partial charge in [0.25, 0.3) is 0 Å². The van der Waals surface area contributed by atoms with Crippen molar-refractivity contribution in [3.05, 3.63) is 12.2 Å². The molecule has 4 atom stereocenters. The molecule has 4 nitrogen and oxygen atoms in total. The van der Waals surface area contributed by atoms with E-state index in [2.05, 4.69) is 32.9 Å². The fourth-order valence-corrected chi connectivity index (χ4v) is 8.26. The van der Waals surface area contributed by atoms with Crippen molar-refractivity contribution in [2.45, 2.75) is 78.7 Å². The van der Waals surface area contributed by atoms with E-state index in [0.717, 1.165) is 38.5 Å². The average molecular weight is 368 g/mol. The summed E-state index contributed by atoms with van der Waals surface area (Å²) in [5.74, 6) is 0.607. The maximum Gasteiger partial charge on any atom is 0.238 e. The average Bonchev–Trinajstić information content (AvgIpc) is 2.98. The zero-order chi connectivity index (χ0) is 18.5. The van der Waals surface area contributed by atoms with Crippen molar-refractivity contribution in [3.63, 3.8) is 0 Å². The van der Waals surface area contributed by atoms with Crippen LogP contribution in [0, 0.1) is 22.7 Å². The Hall–Kier alpha value is -0.840. The van der Waals surface area contributed by atoms with Gasteiger partial charge < -0.3 is 0 Å². The van der Waals surface area contributed by atoms with Crippen molar-refractivity contribution in [1.29, 1.82) is 0 Å². The number of carbonyl (C=O) groups excluding carboxylic acids is 1. The van der Waals surface area contributed by atoms with Gasteiger partial charge in [0.1, 0.15) is 0 Å². The summed E-state index contributed by atoms with van der Waals surface area (Å²) in [6.45, 7) is 8.59. The highest BCUT2D eigenvalue weighted by Crippen LogP contribution is 2.70. The van der Waals surface area contributed by atoms with Crippen molar-refractivity contribution < 1.29 is 13.2 Å². The monoisotopic (exact) mass is 367 g/mol. The van der Waals surface area contributed by atoms with Crippen LogP contribution in [0.15, 0.2) is 12.2 Å². The summed E-state index contributed by atoms with van der Waals surface area (Å²) in [6, 6.07) is -0.102. The summed E-state index contributed by atoms with van der Waals surface area (Å²) < 4.78 is 27.0. The quantitative estimate of drug-likeness (QED) is 0.524. The van der Waals surface area contributed by atoms with Crippen LogP contribution in [0.5, 0.6) is 0 Å². The van der Waals surface area contributed by atoms with E-state index < -0.39 is 10.0 Å². The van der Waals surface area contributed by atoms with E-state index in [1.807, 2.05) is 6.92 Å². The van der Waals surface area contributed by atoms with Crippen molar-refractivity contribution in [2.75, 3.05) is 5.75 Å².